The molecule has 4 rings (SSSR count). The van der Waals surface area contributed by atoms with E-state index in [4.69, 9.17) is 4.74 Å². The SMILES string of the molecule is CC1CN(c2nn3cc(-c4ccccc4)nc3s2)CCO1. The van der Waals surface area contributed by atoms with Crippen LogP contribution in [0.4, 0.5) is 5.13 Å². The molecule has 0 aliphatic carbocycles. The average molecular weight is 300 g/mol. The van der Waals surface area contributed by atoms with Gasteiger partial charge in [-0.05, 0) is 6.92 Å². The smallest absolute Gasteiger partial charge is 0.214 e. The van der Waals surface area contributed by atoms with Gasteiger partial charge in [0.15, 0.2) is 0 Å². The van der Waals surface area contributed by atoms with Crippen molar-refractivity contribution >= 4 is 21.4 Å². The molecule has 0 amide bonds. The van der Waals surface area contributed by atoms with Crippen molar-refractivity contribution in [1.82, 2.24) is 14.6 Å². The highest BCUT2D eigenvalue weighted by Gasteiger charge is 2.21. The van der Waals surface area contributed by atoms with Crippen LogP contribution in [0.5, 0.6) is 0 Å². The summed E-state index contributed by atoms with van der Waals surface area (Å²) in [5.74, 6) is 0. The first kappa shape index (κ1) is 12.8. The molecule has 3 aromatic rings. The Balaban J connectivity index is 1.65. The van der Waals surface area contributed by atoms with Gasteiger partial charge in [0.1, 0.15) is 0 Å². The van der Waals surface area contributed by atoms with Gasteiger partial charge in [0.25, 0.3) is 0 Å². The maximum absolute atomic E-state index is 5.57. The number of benzene rings is 1. The highest BCUT2D eigenvalue weighted by atomic mass is 32.1. The van der Waals surface area contributed by atoms with E-state index in [1.54, 1.807) is 11.3 Å². The number of fused-ring (bicyclic) bond motifs is 1. The molecule has 0 N–H and O–H groups in total. The Morgan fingerprint density at radius 1 is 1.29 bits per heavy atom. The van der Waals surface area contributed by atoms with E-state index in [0.29, 0.717) is 0 Å². The molecule has 6 heteroatoms. The van der Waals surface area contributed by atoms with Gasteiger partial charge in [-0.2, -0.15) is 0 Å². The van der Waals surface area contributed by atoms with Gasteiger partial charge in [-0.25, -0.2) is 9.50 Å². The summed E-state index contributed by atoms with van der Waals surface area (Å²) in [5.41, 5.74) is 2.09. The highest BCUT2D eigenvalue weighted by molar-refractivity contribution is 7.20. The van der Waals surface area contributed by atoms with Crippen LogP contribution in [0.25, 0.3) is 16.2 Å². The number of hydrogen-bond donors (Lipinski definition) is 0. The third-order valence-electron chi connectivity index (χ3n) is 3.61. The van der Waals surface area contributed by atoms with Crippen LogP contribution in [0, 0.1) is 0 Å². The van der Waals surface area contributed by atoms with E-state index in [1.165, 1.54) is 0 Å². The molecule has 1 saturated heterocycles. The van der Waals surface area contributed by atoms with Crippen LogP contribution in [0.15, 0.2) is 36.5 Å². The van der Waals surface area contributed by atoms with Crippen molar-refractivity contribution in [3.63, 3.8) is 0 Å². The van der Waals surface area contributed by atoms with Crippen molar-refractivity contribution in [2.75, 3.05) is 24.6 Å². The van der Waals surface area contributed by atoms with Crippen LogP contribution >= 0.6 is 11.3 Å². The Bertz CT molecular complexity index is 720. The van der Waals surface area contributed by atoms with Crippen LogP contribution in [0.2, 0.25) is 0 Å². The van der Waals surface area contributed by atoms with Gasteiger partial charge in [-0.3, -0.25) is 0 Å². The molecule has 1 atom stereocenters. The molecule has 1 aliphatic rings. The molecule has 3 heterocycles. The summed E-state index contributed by atoms with van der Waals surface area (Å²) in [7, 11) is 0. The maximum Gasteiger partial charge on any atom is 0.214 e. The molecular weight excluding hydrogens is 284 g/mol. The van der Waals surface area contributed by atoms with Crippen LogP contribution in [0.1, 0.15) is 6.92 Å². The minimum atomic E-state index is 0.259. The standard InChI is InChI=1S/C15H16N4OS/c1-11-9-18(7-8-20-11)15-17-19-10-13(16-14(19)21-15)12-5-3-2-4-6-12/h2-6,10-11H,7-9H2,1H3. The monoisotopic (exact) mass is 300 g/mol. The quantitative estimate of drug-likeness (QED) is 0.730. The van der Waals surface area contributed by atoms with Gasteiger partial charge < -0.3 is 9.64 Å². The molecule has 1 fully saturated rings. The van der Waals surface area contributed by atoms with Crippen molar-refractivity contribution in [2.45, 2.75) is 13.0 Å². The lowest BCUT2D eigenvalue weighted by molar-refractivity contribution is 0.0531. The largest absolute Gasteiger partial charge is 0.375 e. The Morgan fingerprint density at radius 3 is 2.90 bits per heavy atom. The third kappa shape index (κ3) is 2.41. The molecule has 1 unspecified atom stereocenters. The number of morpholine rings is 1. The molecule has 1 aromatic carbocycles. The molecule has 5 nitrogen and oxygen atoms in total. The van der Waals surface area contributed by atoms with Gasteiger partial charge in [0.05, 0.1) is 24.6 Å². The number of imidazole rings is 1. The Morgan fingerprint density at radius 2 is 2.14 bits per heavy atom. The second-order valence-electron chi connectivity index (χ2n) is 5.23. The first-order valence-electron chi connectivity index (χ1n) is 7.08. The normalized spacial score (nSPS) is 19.3. The number of nitrogens with zero attached hydrogens (tertiary/aromatic N) is 4. The predicted molar refractivity (Wildman–Crippen MR) is 83.9 cm³/mol. The number of hydrogen-bond acceptors (Lipinski definition) is 5. The summed E-state index contributed by atoms with van der Waals surface area (Å²) in [6, 6.07) is 10.2. The molecule has 21 heavy (non-hydrogen) atoms. The van der Waals surface area contributed by atoms with E-state index >= 15 is 0 Å². The minimum Gasteiger partial charge on any atom is -0.375 e. The lowest BCUT2D eigenvalue weighted by Crippen LogP contribution is -2.41. The zero-order chi connectivity index (χ0) is 14.2. The summed E-state index contributed by atoms with van der Waals surface area (Å²) in [6.07, 6.45) is 2.25. The summed E-state index contributed by atoms with van der Waals surface area (Å²) >= 11 is 1.63. The van der Waals surface area contributed by atoms with Crippen LogP contribution in [0.3, 0.4) is 0 Å². The molecule has 0 bridgehead atoms. The summed E-state index contributed by atoms with van der Waals surface area (Å²) < 4.78 is 7.45. The number of anilines is 1. The van der Waals surface area contributed by atoms with Crippen molar-refractivity contribution in [3.05, 3.63) is 36.5 Å². The Labute approximate surface area is 126 Å². The van der Waals surface area contributed by atoms with Crippen molar-refractivity contribution in [1.29, 1.82) is 0 Å². The molecule has 1 aliphatic heterocycles. The molecule has 108 valence electrons. The van der Waals surface area contributed by atoms with Gasteiger partial charge in [-0.1, -0.05) is 41.7 Å². The van der Waals surface area contributed by atoms with Crippen LogP contribution in [-0.4, -0.2) is 40.4 Å². The average Bonchev–Trinajstić information content (AvgIpc) is 3.07. The number of ether oxygens (including phenoxy) is 1. The fourth-order valence-corrected chi connectivity index (χ4v) is 3.48. The predicted octanol–water partition coefficient (Wildman–Crippen LogP) is 2.68. The van der Waals surface area contributed by atoms with Crippen molar-refractivity contribution < 1.29 is 4.74 Å². The molecule has 0 saturated carbocycles. The van der Waals surface area contributed by atoms with Gasteiger partial charge in [-0.15, -0.1) is 5.10 Å². The van der Waals surface area contributed by atoms with E-state index in [2.05, 4.69) is 34.0 Å². The summed E-state index contributed by atoms with van der Waals surface area (Å²) in [4.78, 5) is 7.89. The maximum atomic E-state index is 5.57. The zero-order valence-corrected chi connectivity index (χ0v) is 12.6. The van der Waals surface area contributed by atoms with Gasteiger partial charge >= 0.3 is 0 Å². The van der Waals surface area contributed by atoms with Crippen molar-refractivity contribution in [3.8, 4) is 11.3 Å². The molecule has 2 aromatic heterocycles. The second kappa shape index (κ2) is 5.13. The molecule has 0 radical (unpaired) electrons. The lowest BCUT2D eigenvalue weighted by Gasteiger charge is -2.30. The minimum absolute atomic E-state index is 0.259. The first-order chi connectivity index (χ1) is 10.3. The van der Waals surface area contributed by atoms with Crippen LogP contribution < -0.4 is 4.90 Å². The summed E-state index contributed by atoms with van der Waals surface area (Å²) in [6.45, 7) is 4.64. The molecular formula is C15H16N4OS. The van der Waals surface area contributed by atoms with E-state index in [0.717, 1.165) is 41.0 Å². The fraction of sp³-hybridized carbons (Fsp3) is 0.333. The Kier molecular flexibility index (Phi) is 3.12. The number of rotatable bonds is 2. The van der Waals surface area contributed by atoms with Crippen molar-refractivity contribution in [2.24, 2.45) is 0 Å². The zero-order valence-electron chi connectivity index (χ0n) is 11.8. The van der Waals surface area contributed by atoms with Gasteiger partial charge in [0, 0.05) is 18.7 Å². The van der Waals surface area contributed by atoms with Gasteiger partial charge in [0.2, 0.25) is 10.1 Å². The number of aromatic nitrogens is 3. The highest BCUT2D eigenvalue weighted by Crippen LogP contribution is 2.27. The lowest BCUT2D eigenvalue weighted by atomic mass is 10.2. The molecule has 0 spiro atoms. The summed E-state index contributed by atoms with van der Waals surface area (Å²) in [5, 5.41) is 5.68. The third-order valence-corrected chi connectivity index (χ3v) is 4.60. The van der Waals surface area contributed by atoms with E-state index < -0.39 is 0 Å². The Hall–Kier alpha value is -1.92. The second-order valence-corrected chi connectivity index (χ2v) is 6.17. The van der Waals surface area contributed by atoms with Crippen LogP contribution in [-0.2, 0) is 4.74 Å². The first-order valence-corrected chi connectivity index (χ1v) is 7.89. The van der Waals surface area contributed by atoms with E-state index in [9.17, 15) is 0 Å². The van der Waals surface area contributed by atoms with E-state index in [-0.39, 0.29) is 6.10 Å². The van der Waals surface area contributed by atoms with E-state index in [1.807, 2.05) is 28.9 Å². The fourth-order valence-electron chi connectivity index (χ4n) is 2.56. The topological polar surface area (TPSA) is 42.7 Å².